The summed E-state index contributed by atoms with van der Waals surface area (Å²) in [5.41, 5.74) is 3.64. The van der Waals surface area contributed by atoms with Crippen molar-refractivity contribution in [2.45, 2.75) is 45.3 Å². The minimum absolute atomic E-state index is 0.0687. The number of fused-ring (bicyclic) bond motifs is 2. The van der Waals surface area contributed by atoms with Crippen LogP contribution in [0, 0.1) is 31.5 Å². The molecule has 3 aromatic rings. The number of likely N-dealkylation sites (tertiary alicyclic amines) is 1. The lowest BCUT2D eigenvalue weighted by atomic mass is 9.78. The third kappa shape index (κ3) is 3.86. The molecule has 0 spiro atoms. The Morgan fingerprint density at radius 1 is 1.22 bits per heavy atom. The average molecular weight is 438 g/mol. The van der Waals surface area contributed by atoms with E-state index in [1.165, 1.54) is 6.07 Å². The van der Waals surface area contributed by atoms with Gasteiger partial charge < -0.3 is 19.1 Å². The first-order valence-electron chi connectivity index (χ1n) is 11.2. The topological polar surface area (TPSA) is 67.1 Å². The Morgan fingerprint density at radius 2 is 2.00 bits per heavy atom. The van der Waals surface area contributed by atoms with E-state index < -0.39 is 18.0 Å². The number of carbonyl (C=O) groups is 1. The summed E-state index contributed by atoms with van der Waals surface area (Å²) in [6, 6.07) is 8.82. The highest BCUT2D eigenvalue weighted by Gasteiger charge is 2.44. The Labute approximate surface area is 186 Å². The summed E-state index contributed by atoms with van der Waals surface area (Å²) < 4.78 is 22.1. The molecule has 3 heterocycles. The maximum Gasteiger partial charge on any atom is 0.228 e. The van der Waals surface area contributed by atoms with Gasteiger partial charge in [-0.3, -0.25) is 4.79 Å². The molecule has 7 heteroatoms. The van der Waals surface area contributed by atoms with Crippen molar-refractivity contribution in [3.05, 3.63) is 65.4 Å². The molecular formula is C25H28FN3O3. The lowest BCUT2D eigenvalue weighted by Gasteiger charge is -2.35. The molecule has 1 saturated carbocycles. The summed E-state index contributed by atoms with van der Waals surface area (Å²) in [5.74, 6) is 0.309. The molecule has 1 aliphatic heterocycles. The van der Waals surface area contributed by atoms with Crippen LogP contribution in [0.15, 0.2) is 42.7 Å². The number of hydrogen-bond acceptors (Lipinski definition) is 4. The highest BCUT2D eigenvalue weighted by molar-refractivity contribution is 5.79. The van der Waals surface area contributed by atoms with Crippen LogP contribution in [0.4, 0.5) is 4.39 Å². The lowest BCUT2D eigenvalue weighted by Crippen LogP contribution is -2.42. The van der Waals surface area contributed by atoms with E-state index in [1.807, 2.05) is 41.5 Å². The first-order chi connectivity index (χ1) is 15.4. The van der Waals surface area contributed by atoms with Crippen LogP contribution in [0.2, 0.25) is 0 Å². The van der Waals surface area contributed by atoms with E-state index in [4.69, 9.17) is 4.74 Å². The third-order valence-electron chi connectivity index (χ3n) is 6.94. The third-order valence-corrected chi connectivity index (χ3v) is 6.94. The van der Waals surface area contributed by atoms with E-state index in [-0.39, 0.29) is 23.5 Å². The van der Waals surface area contributed by atoms with Gasteiger partial charge in [0, 0.05) is 25.5 Å². The summed E-state index contributed by atoms with van der Waals surface area (Å²) in [6.45, 7) is 5.11. The van der Waals surface area contributed by atoms with Gasteiger partial charge in [0.05, 0.1) is 18.2 Å². The van der Waals surface area contributed by atoms with Crippen molar-refractivity contribution in [2.24, 2.45) is 11.8 Å². The average Bonchev–Trinajstić information content (AvgIpc) is 3.35. The number of benzene rings is 1. The zero-order valence-electron chi connectivity index (χ0n) is 18.4. The Bertz CT molecular complexity index is 1160. The molecule has 0 bridgehead atoms. The van der Waals surface area contributed by atoms with Gasteiger partial charge in [-0.1, -0.05) is 12.1 Å². The molecule has 1 aliphatic carbocycles. The van der Waals surface area contributed by atoms with Crippen LogP contribution >= 0.6 is 0 Å². The molecule has 1 saturated heterocycles. The number of nitrogens with zero attached hydrogens (tertiary/aromatic N) is 3. The van der Waals surface area contributed by atoms with Crippen LogP contribution in [-0.2, 0) is 11.2 Å². The first kappa shape index (κ1) is 20.9. The second-order valence-electron chi connectivity index (χ2n) is 9.26. The number of imidazole rings is 1. The molecule has 0 unspecified atom stereocenters. The summed E-state index contributed by atoms with van der Waals surface area (Å²) in [5, 5.41) is 10.6. The minimum Gasteiger partial charge on any atom is -0.485 e. The van der Waals surface area contributed by atoms with Gasteiger partial charge in [-0.15, -0.1) is 0 Å². The molecule has 4 atom stereocenters. The largest absolute Gasteiger partial charge is 0.485 e. The van der Waals surface area contributed by atoms with Gasteiger partial charge in [0.15, 0.2) is 11.6 Å². The van der Waals surface area contributed by atoms with Crippen molar-refractivity contribution >= 4 is 11.6 Å². The van der Waals surface area contributed by atoms with Crippen molar-refractivity contribution in [1.29, 1.82) is 0 Å². The second-order valence-corrected chi connectivity index (χ2v) is 9.26. The molecule has 2 fully saturated rings. The molecule has 2 aromatic heterocycles. The fraction of sp³-hybridized carbons (Fsp3) is 0.440. The number of aliphatic hydroxyl groups is 1. The van der Waals surface area contributed by atoms with E-state index in [0.717, 1.165) is 22.5 Å². The van der Waals surface area contributed by atoms with Crippen molar-refractivity contribution in [3.8, 4) is 5.75 Å². The maximum absolute atomic E-state index is 14.2. The number of ether oxygens (including phenoxy) is 1. The van der Waals surface area contributed by atoms with Gasteiger partial charge in [-0.05, 0) is 67.9 Å². The van der Waals surface area contributed by atoms with Crippen LogP contribution in [0.1, 0.15) is 29.7 Å². The van der Waals surface area contributed by atoms with Crippen molar-refractivity contribution < 1.29 is 19.0 Å². The van der Waals surface area contributed by atoms with Gasteiger partial charge in [0.2, 0.25) is 5.91 Å². The monoisotopic (exact) mass is 437 g/mol. The van der Waals surface area contributed by atoms with Gasteiger partial charge in [-0.25, -0.2) is 9.37 Å². The highest BCUT2D eigenvalue weighted by Crippen LogP contribution is 2.38. The quantitative estimate of drug-likeness (QED) is 0.680. The number of amides is 1. The molecule has 5 rings (SSSR count). The zero-order chi connectivity index (χ0) is 22.4. The molecule has 2 aliphatic rings. The highest BCUT2D eigenvalue weighted by atomic mass is 19.1. The van der Waals surface area contributed by atoms with Crippen molar-refractivity contribution in [2.75, 3.05) is 13.1 Å². The van der Waals surface area contributed by atoms with Crippen LogP contribution in [0.5, 0.6) is 5.75 Å². The lowest BCUT2D eigenvalue weighted by molar-refractivity contribution is -0.129. The molecule has 0 radical (unpaired) electrons. The predicted octanol–water partition coefficient (Wildman–Crippen LogP) is 3.31. The Hall–Kier alpha value is -2.93. The molecule has 168 valence electrons. The molecule has 1 aromatic carbocycles. The van der Waals surface area contributed by atoms with Gasteiger partial charge >= 0.3 is 0 Å². The number of aryl methyl sites for hydroxylation is 2. The smallest absolute Gasteiger partial charge is 0.228 e. The van der Waals surface area contributed by atoms with Gasteiger partial charge in [-0.2, -0.15) is 0 Å². The Balaban J connectivity index is 1.25. The molecule has 1 N–H and O–H groups in total. The minimum atomic E-state index is -0.672. The van der Waals surface area contributed by atoms with E-state index >= 15 is 0 Å². The number of halogens is 1. The predicted molar refractivity (Wildman–Crippen MR) is 118 cm³/mol. The number of hydrogen-bond donors (Lipinski definition) is 1. The summed E-state index contributed by atoms with van der Waals surface area (Å²) >= 11 is 0. The van der Waals surface area contributed by atoms with Crippen molar-refractivity contribution in [3.63, 3.8) is 0 Å². The fourth-order valence-electron chi connectivity index (χ4n) is 5.18. The van der Waals surface area contributed by atoms with Crippen molar-refractivity contribution in [1.82, 2.24) is 14.3 Å². The molecule has 6 nitrogen and oxygen atoms in total. The number of pyridine rings is 1. The summed E-state index contributed by atoms with van der Waals surface area (Å²) in [7, 11) is 0. The number of rotatable bonds is 4. The number of aliphatic hydroxyl groups excluding tert-OH is 1. The summed E-state index contributed by atoms with van der Waals surface area (Å²) in [4.78, 5) is 19.4. The Kier molecular flexibility index (Phi) is 5.37. The SMILES string of the molecule is Cc1ccc(O[C@@H]2C[C@@H]3CN(C(=O)Cc4cnc5c(C)cccn45)C[C@@H]3C[C@H]2O)c(F)c1. The van der Waals surface area contributed by atoms with Gasteiger partial charge in [0.1, 0.15) is 11.8 Å². The van der Waals surface area contributed by atoms with E-state index in [0.29, 0.717) is 32.4 Å². The van der Waals surface area contributed by atoms with E-state index in [9.17, 15) is 14.3 Å². The van der Waals surface area contributed by atoms with Crippen LogP contribution < -0.4 is 4.74 Å². The van der Waals surface area contributed by atoms with E-state index in [1.54, 1.807) is 18.3 Å². The molecule has 1 amide bonds. The first-order valence-corrected chi connectivity index (χ1v) is 11.2. The standard InChI is InChI=1S/C25H28FN3O3/c1-15-5-6-22(20(26)8-15)32-23-10-18-14-28(13-17(18)9-21(23)30)24(31)11-19-12-27-25-16(2)4-3-7-29(19)25/h3-8,12,17-18,21,23,30H,9-11,13-14H2,1-2H3/t17-,18+,21+,23+/m0/s1. The van der Waals surface area contributed by atoms with Crippen LogP contribution in [0.3, 0.4) is 0 Å². The second kappa shape index (κ2) is 8.20. The number of carbonyl (C=O) groups excluding carboxylic acids is 1. The zero-order valence-corrected chi connectivity index (χ0v) is 18.4. The maximum atomic E-state index is 14.2. The molecule has 32 heavy (non-hydrogen) atoms. The molecular weight excluding hydrogens is 409 g/mol. The summed E-state index contributed by atoms with van der Waals surface area (Å²) in [6.07, 6.45) is 4.02. The fourth-order valence-corrected chi connectivity index (χ4v) is 5.18. The van der Waals surface area contributed by atoms with Crippen LogP contribution in [-0.4, -0.2) is 50.6 Å². The Morgan fingerprint density at radius 3 is 2.78 bits per heavy atom. The number of aromatic nitrogens is 2. The van der Waals surface area contributed by atoms with Gasteiger partial charge in [0.25, 0.3) is 0 Å². The van der Waals surface area contributed by atoms with E-state index in [2.05, 4.69) is 4.98 Å². The normalized spacial score (nSPS) is 25.2. The van der Waals surface area contributed by atoms with Crippen LogP contribution in [0.25, 0.3) is 5.65 Å².